The van der Waals surface area contributed by atoms with Crippen molar-refractivity contribution in [3.05, 3.63) is 33.9 Å². The number of rotatable bonds is 2. The minimum Gasteiger partial charge on any atom is -0.324 e. The lowest BCUT2D eigenvalue weighted by molar-refractivity contribution is -0.384. The molecule has 1 aliphatic heterocycles. The Kier molecular flexibility index (Phi) is 4.45. The Morgan fingerprint density at radius 1 is 1.33 bits per heavy atom. The summed E-state index contributed by atoms with van der Waals surface area (Å²) in [6.07, 6.45) is 1.14. The molecule has 1 aliphatic rings. The number of aryl methyl sites for hydroxylation is 1. The first-order chi connectivity index (χ1) is 9.86. The van der Waals surface area contributed by atoms with Gasteiger partial charge in [0.2, 0.25) is 0 Å². The fourth-order valence-electron chi connectivity index (χ4n) is 2.92. The normalized spacial score (nSPS) is 22.0. The van der Waals surface area contributed by atoms with Crippen LogP contribution < -0.4 is 5.32 Å². The van der Waals surface area contributed by atoms with Gasteiger partial charge in [-0.1, -0.05) is 13.8 Å². The van der Waals surface area contributed by atoms with Crippen LogP contribution in [0.3, 0.4) is 0 Å². The Morgan fingerprint density at radius 3 is 2.48 bits per heavy atom. The number of amides is 2. The number of nitrogens with zero attached hydrogens (tertiary/aromatic N) is 2. The molecule has 0 aliphatic carbocycles. The van der Waals surface area contributed by atoms with E-state index in [0.29, 0.717) is 23.1 Å². The maximum absolute atomic E-state index is 12.3. The van der Waals surface area contributed by atoms with Gasteiger partial charge in [0.05, 0.1) is 4.92 Å². The van der Waals surface area contributed by atoms with Crippen LogP contribution in [0.25, 0.3) is 0 Å². The topological polar surface area (TPSA) is 75.5 Å². The van der Waals surface area contributed by atoms with Gasteiger partial charge in [-0.2, -0.15) is 0 Å². The van der Waals surface area contributed by atoms with Crippen LogP contribution in [0.1, 0.15) is 25.8 Å². The summed E-state index contributed by atoms with van der Waals surface area (Å²) in [5.41, 5.74) is 1.35. The summed E-state index contributed by atoms with van der Waals surface area (Å²) < 4.78 is 0. The van der Waals surface area contributed by atoms with Crippen molar-refractivity contribution in [1.29, 1.82) is 0 Å². The number of carbonyl (C=O) groups excluding carboxylic acids is 1. The summed E-state index contributed by atoms with van der Waals surface area (Å²) in [6, 6.07) is 4.33. The predicted molar refractivity (Wildman–Crippen MR) is 81.4 cm³/mol. The molecule has 2 rings (SSSR count). The molecule has 1 aromatic carbocycles. The van der Waals surface area contributed by atoms with Gasteiger partial charge in [-0.3, -0.25) is 10.1 Å². The van der Waals surface area contributed by atoms with Crippen molar-refractivity contribution in [3.8, 4) is 0 Å². The first-order valence-corrected chi connectivity index (χ1v) is 7.17. The molecule has 0 aromatic heterocycles. The van der Waals surface area contributed by atoms with E-state index >= 15 is 0 Å². The molecule has 1 saturated heterocycles. The Balaban J connectivity index is 2.07. The maximum atomic E-state index is 12.3. The quantitative estimate of drug-likeness (QED) is 0.670. The monoisotopic (exact) mass is 291 g/mol. The average Bonchev–Trinajstić information content (AvgIpc) is 2.39. The third kappa shape index (κ3) is 3.71. The van der Waals surface area contributed by atoms with Crippen LogP contribution in [0, 0.1) is 28.9 Å². The summed E-state index contributed by atoms with van der Waals surface area (Å²) in [4.78, 5) is 24.4. The molecule has 114 valence electrons. The second-order valence-electron chi connectivity index (χ2n) is 6.04. The van der Waals surface area contributed by atoms with Crippen LogP contribution in [0.4, 0.5) is 16.2 Å². The van der Waals surface area contributed by atoms with Gasteiger partial charge < -0.3 is 10.2 Å². The van der Waals surface area contributed by atoms with Gasteiger partial charge in [-0.25, -0.2) is 4.79 Å². The lowest BCUT2D eigenvalue weighted by Crippen LogP contribution is -2.44. The van der Waals surface area contributed by atoms with Gasteiger partial charge in [0.25, 0.3) is 5.69 Å². The van der Waals surface area contributed by atoms with E-state index in [1.165, 1.54) is 12.1 Å². The number of anilines is 1. The van der Waals surface area contributed by atoms with E-state index in [-0.39, 0.29) is 11.7 Å². The van der Waals surface area contributed by atoms with Gasteiger partial charge >= 0.3 is 6.03 Å². The van der Waals surface area contributed by atoms with Crippen LogP contribution in [0.5, 0.6) is 0 Å². The third-order valence-electron chi connectivity index (χ3n) is 3.82. The largest absolute Gasteiger partial charge is 0.324 e. The molecular formula is C15H21N3O3. The van der Waals surface area contributed by atoms with Gasteiger partial charge in [-0.05, 0) is 36.8 Å². The molecule has 21 heavy (non-hydrogen) atoms. The van der Waals surface area contributed by atoms with Crippen molar-refractivity contribution < 1.29 is 9.72 Å². The molecule has 2 atom stereocenters. The van der Waals surface area contributed by atoms with E-state index in [1.807, 2.05) is 4.90 Å². The molecule has 2 amide bonds. The van der Waals surface area contributed by atoms with Crippen LogP contribution in [0.2, 0.25) is 0 Å². The highest BCUT2D eigenvalue weighted by Crippen LogP contribution is 2.24. The van der Waals surface area contributed by atoms with Gasteiger partial charge in [0, 0.05) is 30.9 Å². The van der Waals surface area contributed by atoms with Crippen LogP contribution in [0.15, 0.2) is 18.2 Å². The Hall–Kier alpha value is -2.11. The summed E-state index contributed by atoms with van der Waals surface area (Å²) in [7, 11) is 0. The number of piperidine rings is 1. The number of nitrogens with one attached hydrogen (secondary N) is 1. The second kappa shape index (κ2) is 6.11. The van der Waals surface area contributed by atoms with Gasteiger partial charge in [0.15, 0.2) is 0 Å². The Morgan fingerprint density at radius 2 is 1.95 bits per heavy atom. The number of nitro groups is 1. The van der Waals surface area contributed by atoms with E-state index in [0.717, 1.165) is 19.5 Å². The molecule has 6 nitrogen and oxygen atoms in total. The first-order valence-electron chi connectivity index (χ1n) is 7.17. The number of urea groups is 1. The van der Waals surface area contributed by atoms with Crippen molar-refractivity contribution in [1.82, 2.24) is 4.90 Å². The fourth-order valence-corrected chi connectivity index (χ4v) is 2.92. The number of non-ortho nitro benzene ring substituents is 1. The zero-order chi connectivity index (χ0) is 15.6. The van der Waals surface area contributed by atoms with Crippen molar-refractivity contribution in [2.75, 3.05) is 18.4 Å². The smallest absolute Gasteiger partial charge is 0.321 e. The van der Waals surface area contributed by atoms with E-state index in [9.17, 15) is 14.9 Å². The molecule has 0 spiro atoms. The molecule has 1 heterocycles. The third-order valence-corrected chi connectivity index (χ3v) is 3.82. The predicted octanol–water partition coefficient (Wildman–Crippen LogP) is 3.41. The first kappa shape index (κ1) is 15.3. The zero-order valence-electron chi connectivity index (χ0n) is 12.6. The molecule has 0 bridgehead atoms. The molecule has 0 radical (unpaired) electrons. The summed E-state index contributed by atoms with van der Waals surface area (Å²) in [5.74, 6) is 0.995. The van der Waals surface area contributed by atoms with Crippen molar-refractivity contribution in [2.24, 2.45) is 11.8 Å². The molecule has 0 saturated carbocycles. The van der Waals surface area contributed by atoms with Crippen LogP contribution in [-0.2, 0) is 0 Å². The summed E-state index contributed by atoms with van der Waals surface area (Å²) in [5, 5.41) is 13.6. The van der Waals surface area contributed by atoms with Crippen LogP contribution >= 0.6 is 0 Å². The SMILES string of the molecule is Cc1cc([N+](=O)[O-])ccc1NC(=O)N1C[C@H](C)C[C@@H](C)C1. The number of likely N-dealkylation sites (tertiary alicyclic amines) is 1. The lowest BCUT2D eigenvalue weighted by atomic mass is 9.92. The molecular weight excluding hydrogens is 270 g/mol. The Bertz CT molecular complexity index is 549. The lowest BCUT2D eigenvalue weighted by Gasteiger charge is -2.35. The number of benzene rings is 1. The maximum Gasteiger partial charge on any atom is 0.321 e. The van der Waals surface area contributed by atoms with Gasteiger partial charge in [-0.15, -0.1) is 0 Å². The van der Waals surface area contributed by atoms with E-state index in [2.05, 4.69) is 19.2 Å². The minimum atomic E-state index is -0.438. The van der Waals surface area contributed by atoms with Crippen molar-refractivity contribution in [2.45, 2.75) is 27.2 Å². The zero-order valence-corrected chi connectivity index (χ0v) is 12.6. The molecule has 6 heteroatoms. The Labute approximate surface area is 124 Å². The van der Waals surface area contributed by atoms with Crippen LogP contribution in [-0.4, -0.2) is 28.9 Å². The number of hydrogen-bond acceptors (Lipinski definition) is 3. The minimum absolute atomic E-state index is 0.0331. The molecule has 0 unspecified atom stereocenters. The fraction of sp³-hybridized carbons (Fsp3) is 0.533. The van der Waals surface area contributed by atoms with E-state index in [4.69, 9.17) is 0 Å². The van der Waals surface area contributed by atoms with E-state index in [1.54, 1.807) is 13.0 Å². The van der Waals surface area contributed by atoms with Crippen molar-refractivity contribution >= 4 is 17.4 Å². The number of hydrogen-bond donors (Lipinski definition) is 1. The highest BCUT2D eigenvalue weighted by molar-refractivity contribution is 5.90. The van der Waals surface area contributed by atoms with Gasteiger partial charge in [0.1, 0.15) is 0 Å². The molecule has 1 fully saturated rings. The van der Waals surface area contributed by atoms with Crippen molar-refractivity contribution in [3.63, 3.8) is 0 Å². The molecule has 1 N–H and O–H groups in total. The second-order valence-corrected chi connectivity index (χ2v) is 6.04. The van der Waals surface area contributed by atoms with E-state index < -0.39 is 4.92 Å². The number of nitro benzene ring substituents is 1. The summed E-state index contributed by atoms with van der Waals surface area (Å²) >= 11 is 0. The average molecular weight is 291 g/mol. The standard InChI is InChI=1S/C15H21N3O3/c1-10-6-11(2)9-17(8-10)15(19)16-14-5-4-13(18(20)21)7-12(14)3/h4-5,7,10-11H,6,8-9H2,1-3H3,(H,16,19)/t10-,11-/m1/s1. The highest BCUT2D eigenvalue weighted by Gasteiger charge is 2.25. The molecule has 1 aromatic rings. The summed E-state index contributed by atoms with van der Waals surface area (Å²) in [6.45, 7) is 7.55. The highest BCUT2D eigenvalue weighted by atomic mass is 16.6. The number of carbonyl (C=O) groups is 1.